The smallest absolute Gasteiger partial charge is 0.291 e. The number of para-hydroxylation sites is 1. The summed E-state index contributed by atoms with van der Waals surface area (Å²) >= 11 is 0. The molecule has 0 fully saturated rings. The van der Waals surface area contributed by atoms with Crippen molar-refractivity contribution >= 4 is 22.7 Å². The average Bonchev–Trinajstić information content (AvgIpc) is 3.38. The van der Waals surface area contributed by atoms with E-state index in [0.717, 1.165) is 0 Å². The van der Waals surface area contributed by atoms with Crippen molar-refractivity contribution in [1.29, 1.82) is 0 Å². The maximum atomic E-state index is 12.6. The Labute approximate surface area is 146 Å². The molecular weight excluding hydrogens is 336 g/mol. The number of nitrogens with one attached hydrogen (secondary N) is 3. The molecule has 3 aromatic heterocycles. The van der Waals surface area contributed by atoms with Gasteiger partial charge in [-0.2, -0.15) is 15.4 Å². The Morgan fingerprint density at radius 2 is 1.88 bits per heavy atom. The van der Waals surface area contributed by atoms with Crippen LogP contribution in [0.4, 0.5) is 0 Å². The lowest BCUT2D eigenvalue weighted by Gasteiger charge is -2.10. The van der Waals surface area contributed by atoms with E-state index in [0.29, 0.717) is 27.9 Å². The number of carbonyl (C=O) groups excluding carboxylic acids is 2. The van der Waals surface area contributed by atoms with E-state index in [1.807, 2.05) is 6.07 Å². The lowest BCUT2D eigenvalue weighted by molar-refractivity contribution is 0.0845. The van der Waals surface area contributed by atoms with Crippen LogP contribution in [0.1, 0.15) is 20.8 Å². The van der Waals surface area contributed by atoms with E-state index in [4.69, 9.17) is 4.42 Å². The number of benzene rings is 1. The summed E-state index contributed by atoms with van der Waals surface area (Å²) in [5.41, 5.74) is 6.23. The molecule has 128 valence electrons. The van der Waals surface area contributed by atoms with Crippen molar-refractivity contribution in [2.45, 2.75) is 0 Å². The van der Waals surface area contributed by atoms with Crippen molar-refractivity contribution in [2.75, 3.05) is 0 Å². The number of amides is 2. The predicted molar refractivity (Wildman–Crippen MR) is 90.8 cm³/mol. The first-order valence-corrected chi connectivity index (χ1v) is 7.62. The van der Waals surface area contributed by atoms with Gasteiger partial charge in [0.15, 0.2) is 11.5 Å². The number of furan rings is 1. The number of H-pyrrole nitrogens is 1. The molecule has 3 heterocycles. The van der Waals surface area contributed by atoms with E-state index in [2.05, 4.69) is 31.2 Å². The van der Waals surface area contributed by atoms with Crippen LogP contribution in [0.2, 0.25) is 0 Å². The van der Waals surface area contributed by atoms with Crippen molar-refractivity contribution in [3.05, 3.63) is 66.2 Å². The number of aromatic amines is 1. The van der Waals surface area contributed by atoms with Gasteiger partial charge in [0.05, 0.1) is 23.5 Å². The number of fused-ring (bicyclic) bond motifs is 1. The largest absolute Gasteiger partial charge is 0.463 e. The molecular formula is C17H12N6O3. The highest BCUT2D eigenvalue weighted by atomic mass is 16.3. The molecule has 0 saturated carbocycles. The van der Waals surface area contributed by atoms with Crippen LogP contribution in [0.3, 0.4) is 0 Å². The fourth-order valence-corrected chi connectivity index (χ4v) is 2.47. The van der Waals surface area contributed by atoms with Crippen molar-refractivity contribution < 1.29 is 14.0 Å². The summed E-state index contributed by atoms with van der Waals surface area (Å²) in [5, 5.41) is 10.2. The Morgan fingerprint density at radius 1 is 1.04 bits per heavy atom. The number of nitrogens with zero attached hydrogens (tertiary/aromatic N) is 3. The van der Waals surface area contributed by atoms with Gasteiger partial charge in [-0.1, -0.05) is 18.2 Å². The van der Waals surface area contributed by atoms with Gasteiger partial charge >= 0.3 is 0 Å². The predicted octanol–water partition coefficient (Wildman–Crippen LogP) is 1.69. The Balaban J connectivity index is 1.66. The van der Waals surface area contributed by atoms with Crippen LogP contribution in [0.5, 0.6) is 0 Å². The Kier molecular flexibility index (Phi) is 3.86. The highest BCUT2D eigenvalue weighted by Gasteiger charge is 2.16. The molecule has 0 unspecified atom stereocenters. The van der Waals surface area contributed by atoms with Crippen LogP contribution in [0.15, 0.2) is 59.3 Å². The number of rotatable bonds is 3. The standard InChI is InChI=1S/C17H12N6O3/c24-16(21-22-17(25)14-9-18-23-20-14)11-8-13(15-6-3-7-26-15)19-12-5-2-1-4-10(11)12/h1-9H,(H,21,24)(H,22,25)(H,18,20,23). The van der Waals surface area contributed by atoms with Crippen molar-refractivity contribution in [1.82, 2.24) is 31.2 Å². The van der Waals surface area contributed by atoms with Crippen molar-refractivity contribution in [3.63, 3.8) is 0 Å². The van der Waals surface area contributed by atoms with Gasteiger partial charge in [-0.05, 0) is 24.3 Å². The second kappa shape index (κ2) is 6.48. The molecule has 4 aromatic rings. The van der Waals surface area contributed by atoms with Crippen molar-refractivity contribution in [2.24, 2.45) is 0 Å². The number of hydrogen-bond acceptors (Lipinski definition) is 6. The van der Waals surface area contributed by atoms with E-state index in [1.54, 1.807) is 36.4 Å². The molecule has 0 aliphatic carbocycles. The maximum absolute atomic E-state index is 12.6. The van der Waals surface area contributed by atoms with E-state index in [9.17, 15) is 9.59 Å². The fraction of sp³-hybridized carbons (Fsp3) is 0. The number of carbonyl (C=O) groups is 2. The van der Waals surface area contributed by atoms with Crippen LogP contribution in [0.25, 0.3) is 22.4 Å². The Hall–Kier alpha value is -4.01. The molecule has 0 bridgehead atoms. The van der Waals surface area contributed by atoms with Gasteiger partial charge < -0.3 is 4.42 Å². The summed E-state index contributed by atoms with van der Waals surface area (Å²) in [4.78, 5) is 29.0. The molecule has 0 aliphatic heterocycles. The van der Waals surface area contributed by atoms with Gasteiger partial charge in [-0.25, -0.2) is 4.98 Å². The summed E-state index contributed by atoms with van der Waals surface area (Å²) in [6, 6.07) is 12.3. The summed E-state index contributed by atoms with van der Waals surface area (Å²) in [5.74, 6) is -0.540. The van der Waals surface area contributed by atoms with Gasteiger partial charge in [0.1, 0.15) is 5.69 Å². The highest BCUT2D eigenvalue weighted by molar-refractivity contribution is 6.07. The summed E-state index contributed by atoms with van der Waals surface area (Å²) in [7, 11) is 0. The first kappa shape index (κ1) is 15.5. The summed E-state index contributed by atoms with van der Waals surface area (Å²) in [6.45, 7) is 0. The molecule has 2 amide bonds. The Morgan fingerprint density at radius 3 is 2.65 bits per heavy atom. The fourth-order valence-electron chi connectivity index (χ4n) is 2.47. The van der Waals surface area contributed by atoms with Crippen LogP contribution < -0.4 is 10.9 Å². The van der Waals surface area contributed by atoms with Crippen molar-refractivity contribution in [3.8, 4) is 11.5 Å². The molecule has 0 radical (unpaired) electrons. The minimum atomic E-state index is -0.586. The summed E-state index contributed by atoms with van der Waals surface area (Å²) in [6.07, 6.45) is 2.78. The third-order valence-corrected chi connectivity index (χ3v) is 3.67. The second-order valence-electron chi connectivity index (χ2n) is 5.31. The van der Waals surface area contributed by atoms with Gasteiger partial charge in [0.2, 0.25) is 0 Å². The third kappa shape index (κ3) is 2.88. The van der Waals surface area contributed by atoms with E-state index in [-0.39, 0.29) is 5.69 Å². The molecule has 9 heteroatoms. The SMILES string of the molecule is O=C(NNC(=O)c1cc(-c2ccco2)nc2ccccc12)c1cn[nH]n1. The molecule has 0 spiro atoms. The molecule has 4 rings (SSSR count). The number of pyridine rings is 1. The van der Waals surface area contributed by atoms with E-state index < -0.39 is 11.8 Å². The molecule has 26 heavy (non-hydrogen) atoms. The van der Waals surface area contributed by atoms with Crippen LogP contribution in [-0.2, 0) is 0 Å². The minimum absolute atomic E-state index is 0.0566. The molecule has 0 saturated heterocycles. The highest BCUT2D eigenvalue weighted by Crippen LogP contribution is 2.25. The first-order valence-electron chi connectivity index (χ1n) is 7.62. The van der Waals surface area contributed by atoms with Crippen LogP contribution >= 0.6 is 0 Å². The zero-order valence-electron chi connectivity index (χ0n) is 13.3. The zero-order chi connectivity index (χ0) is 17.9. The third-order valence-electron chi connectivity index (χ3n) is 3.67. The molecule has 0 aliphatic rings. The Bertz CT molecular complexity index is 1070. The molecule has 9 nitrogen and oxygen atoms in total. The second-order valence-corrected chi connectivity index (χ2v) is 5.31. The van der Waals surface area contributed by atoms with Crippen LogP contribution in [-0.4, -0.2) is 32.2 Å². The normalized spacial score (nSPS) is 10.6. The molecule has 0 atom stereocenters. The van der Waals surface area contributed by atoms with Crippen LogP contribution in [0, 0.1) is 0 Å². The van der Waals surface area contributed by atoms with Gasteiger partial charge in [0.25, 0.3) is 11.8 Å². The maximum Gasteiger partial charge on any atom is 0.291 e. The minimum Gasteiger partial charge on any atom is -0.463 e. The quantitative estimate of drug-likeness (QED) is 0.484. The van der Waals surface area contributed by atoms with Gasteiger partial charge in [-0.15, -0.1) is 0 Å². The number of hydrazine groups is 1. The number of hydrogen-bond donors (Lipinski definition) is 3. The lowest BCUT2D eigenvalue weighted by Crippen LogP contribution is -2.41. The van der Waals surface area contributed by atoms with Gasteiger partial charge in [0, 0.05) is 5.39 Å². The van der Waals surface area contributed by atoms with E-state index in [1.165, 1.54) is 12.5 Å². The topological polar surface area (TPSA) is 126 Å². The van der Waals surface area contributed by atoms with Gasteiger partial charge in [-0.3, -0.25) is 20.4 Å². The zero-order valence-corrected chi connectivity index (χ0v) is 13.3. The first-order chi connectivity index (χ1) is 12.7. The molecule has 1 aromatic carbocycles. The number of aromatic nitrogens is 4. The average molecular weight is 348 g/mol. The monoisotopic (exact) mass is 348 g/mol. The summed E-state index contributed by atoms with van der Waals surface area (Å²) < 4.78 is 5.37. The molecule has 3 N–H and O–H groups in total. The lowest BCUT2D eigenvalue weighted by atomic mass is 10.1. The van der Waals surface area contributed by atoms with E-state index >= 15 is 0 Å².